The van der Waals surface area contributed by atoms with Crippen molar-refractivity contribution in [2.45, 2.75) is 33.4 Å². The van der Waals surface area contributed by atoms with E-state index in [9.17, 15) is 9.18 Å². The Balaban J connectivity index is 2.08. The molecule has 0 bridgehead atoms. The van der Waals surface area contributed by atoms with E-state index in [2.05, 4.69) is 10.2 Å². The van der Waals surface area contributed by atoms with Gasteiger partial charge in [0, 0.05) is 23.1 Å². The first-order valence-electron chi connectivity index (χ1n) is 8.87. The van der Waals surface area contributed by atoms with E-state index >= 15 is 0 Å². The molecule has 1 amide bonds. The molecule has 0 radical (unpaired) electrons. The van der Waals surface area contributed by atoms with Crippen molar-refractivity contribution in [3.05, 3.63) is 52.6 Å². The van der Waals surface area contributed by atoms with Gasteiger partial charge in [0.2, 0.25) is 5.91 Å². The zero-order valence-corrected chi connectivity index (χ0v) is 17.1. The number of alkyl halides is 1. The normalized spacial score (nSPS) is 12.0. The standard InChI is InChI=1S/C21H22FN3O2S/c1-11-8-14(9-12(2)18(11)27-4)20-24-25-21(28-20)16-7-5-6-15(19(23)26)17(16)10-13(3)22/h5-9,13H,10H2,1-4H3,(H2,23,26). The van der Waals surface area contributed by atoms with Crippen molar-refractivity contribution in [3.63, 3.8) is 0 Å². The second-order valence-corrected chi connectivity index (χ2v) is 7.71. The first-order valence-corrected chi connectivity index (χ1v) is 9.68. The third-order valence-electron chi connectivity index (χ3n) is 4.49. The number of benzene rings is 2. The second kappa shape index (κ2) is 8.06. The lowest BCUT2D eigenvalue weighted by Gasteiger charge is -2.12. The number of amides is 1. The Morgan fingerprint density at radius 3 is 2.43 bits per heavy atom. The van der Waals surface area contributed by atoms with Crippen LogP contribution in [0, 0.1) is 13.8 Å². The van der Waals surface area contributed by atoms with Gasteiger partial charge in [-0.3, -0.25) is 4.79 Å². The van der Waals surface area contributed by atoms with Gasteiger partial charge in [-0.05, 0) is 55.7 Å². The smallest absolute Gasteiger partial charge is 0.249 e. The van der Waals surface area contributed by atoms with E-state index in [-0.39, 0.29) is 6.42 Å². The number of aryl methyl sites for hydroxylation is 2. The Bertz CT molecular complexity index is 1010. The molecule has 0 saturated heterocycles. The molecule has 2 N–H and O–H groups in total. The summed E-state index contributed by atoms with van der Waals surface area (Å²) in [4.78, 5) is 11.8. The molecule has 0 aliphatic heterocycles. The molecule has 3 aromatic rings. The zero-order chi connectivity index (χ0) is 20.4. The molecule has 1 unspecified atom stereocenters. The molecular weight excluding hydrogens is 377 g/mol. The highest BCUT2D eigenvalue weighted by Crippen LogP contribution is 2.36. The molecular formula is C21H22FN3O2S. The average Bonchev–Trinajstić information content (AvgIpc) is 3.11. The number of primary amides is 1. The maximum absolute atomic E-state index is 13.8. The van der Waals surface area contributed by atoms with Crippen molar-refractivity contribution in [3.8, 4) is 26.9 Å². The van der Waals surface area contributed by atoms with Crippen LogP contribution in [0.5, 0.6) is 5.75 Å². The number of methoxy groups -OCH3 is 1. The summed E-state index contributed by atoms with van der Waals surface area (Å²) in [6.45, 7) is 5.42. The van der Waals surface area contributed by atoms with Crippen molar-refractivity contribution in [2.75, 3.05) is 7.11 Å². The summed E-state index contributed by atoms with van der Waals surface area (Å²) in [6, 6.07) is 9.16. The monoisotopic (exact) mass is 399 g/mol. The fraction of sp³-hybridized carbons (Fsp3) is 0.286. The average molecular weight is 399 g/mol. The number of nitrogens with two attached hydrogens (primary N) is 1. The number of hydrogen-bond acceptors (Lipinski definition) is 5. The van der Waals surface area contributed by atoms with Gasteiger partial charge < -0.3 is 10.5 Å². The lowest BCUT2D eigenvalue weighted by molar-refractivity contribution is 0.0999. The maximum atomic E-state index is 13.8. The summed E-state index contributed by atoms with van der Waals surface area (Å²) in [6.07, 6.45) is -1.03. The summed E-state index contributed by atoms with van der Waals surface area (Å²) < 4.78 is 19.2. The van der Waals surface area contributed by atoms with Crippen molar-refractivity contribution in [1.29, 1.82) is 0 Å². The third kappa shape index (κ3) is 3.89. The lowest BCUT2D eigenvalue weighted by atomic mass is 9.96. The first kappa shape index (κ1) is 19.9. The fourth-order valence-corrected chi connectivity index (χ4v) is 4.25. The van der Waals surface area contributed by atoms with Crippen LogP contribution < -0.4 is 10.5 Å². The SMILES string of the molecule is COc1c(C)cc(-c2nnc(-c3cccc(C(N)=O)c3CC(C)F)s2)cc1C. The number of rotatable bonds is 6. The van der Waals surface area contributed by atoms with Gasteiger partial charge in [-0.15, -0.1) is 10.2 Å². The van der Waals surface area contributed by atoms with Gasteiger partial charge in [-0.25, -0.2) is 4.39 Å². The molecule has 28 heavy (non-hydrogen) atoms. The number of hydrogen-bond donors (Lipinski definition) is 1. The van der Waals surface area contributed by atoms with E-state index in [1.807, 2.05) is 32.0 Å². The minimum atomic E-state index is -1.11. The number of aromatic nitrogens is 2. The first-order chi connectivity index (χ1) is 13.3. The Morgan fingerprint density at radius 1 is 1.21 bits per heavy atom. The Labute approximate surface area is 167 Å². The summed E-state index contributed by atoms with van der Waals surface area (Å²) in [5.41, 5.74) is 10.0. The van der Waals surface area contributed by atoms with Gasteiger partial charge in [0.25, 0.3) is 0 Å². The zero-order valence-electron chi connectivity index (χ0n) is 16.2. The quantitative estimate of drug-likeness (QED) is 0.662. The van der Waals surface area contributed by atoms with Crippen LogP contribution in [0.15, 0.2) is 30.3 Å². The van der Waals surface area contributed by atoms with Crippen LogP contribution in [-0.2, 0) is 6.42 Å². The number of carbonyl (C=O) groups is 1. The molecule has 5 nitrogen and oxygen atoms in total. The highest BCUT2D eigenvalue weighted by molar-refractivity contribution is 7.17. The maximum Gasteiger partial charge on any atom is 0.249 e. The van der Waals surface area contributed by atoms with Crippen LogP contribution in [-0.4, -0.2) is 29.4 Å². The van der Waals surface area contributed by atoms with Crippen molar-refractivity contribution in [2.24, 2.45) is 5.73 Å². The van der Waals surface area contributed by atoms with Gasteiger partial charge >= 0.3 is 0 Å². The minimum Gasteiger partial charge on any atom is -0.496 e. The molecule has 146 valence electrons. The predicted molar refractivity (Wildman–Crippen MR) is 110 cm³/mol. The molecule has 0 saturated carbocycles. The highest BCUT2D eigenvalue weighted by atomic mass is 32.1. The number of nitrogens with zero attached hydrogens (tertiary/aromatic N) is 2. The summed E-state index contributed by atoms with van der Waals surface area (Å²) in [7, 11) is 1.65. The Kier molecular flexibility index (Phi) is 5.74. The van der Waals surface area contributed by atoms with Crippen molar-refractivity contribution < 1.29 is 13.9 Å². The third-order valence-corrected chi connectivity index (χ3v) is 5.50. The van der Waals surface area contributed by atoms with E-state index in [4.69, 9.17) is 10.5 Å². The van der Waals surface area contributed by atoms with E-state index < -0.39 is 12.1 Å². The Morgan fingerprint density at radius 2 is 1.86 bits per heavy atom. The van der Waals surface area contributed by atoms with Crippen LogP contribution in [0.25, 0.3) is 21.1 Å². The van der Waals surface area contributed by atoms with Crippen molar-refractivity contribution in [1.82, 2.24) is 10.2 Å². The van der Waals surface area contributed by atoms with Gasteiger partial charge in [0.1, 0.15) is 21.9 Å². The highest BCUT2D eigenvalue weighted by Gasteiger charge is 2.19. The lowest BCUT2D eigenvalue weighted by Crippen LogP contribution is -2.16. The van der Waals surface area contributed by atoms with Gasteiger partial charge in [-0.2, -0.15) is 0 Å². The molecule has 0 aliphatic rings. The van der Waals surface area contributed by atoms with Crippen LogP contribution >= 0.6 is 11.3 Å². The van der Waals surface area contributed by atoms with Gasteiger partial charge in [-0.1, -0.05) is 23.5 Å². The molecule has 1 aromatic heterocycles. The molecule has 0 aliphatic carbocycles. The van der Waals surface area contributed by atoms with E-state index in [0.717, 1.165) is 27.4 Å². The fourth-order valence-electron chi connectivity index (χ4n) is 3.36. The van der Waals surface area contributed by atoms with Crippen molar-refractivity contribution >= 4 is 17.2 Å². The Hall–Kier alpha value is -2.80. The summed E-state index contributed by atoms with van der Waals surface area (Å²) in [5.74, 6) is 0.269. The van der Waals surface area contributed by atoms with Gasteiger partial charge in [0.15, 0.2) is 0 Å². The topological polar surface area (TPSA) is 78.1 Å². The van der Waals surface area contributed by atoms with E-state index in [1.165, 1.54) is 18.3 Å². The number of carbonyl (C=O) groups excluding carboxylic acids is 1. The van der Waals surface area contributed by atoms with Crippen LogP contribution in [0.4, 0.5) is 4.39 Å². The van der Waals surface area contributed by atoms with Crippen LogP contribution in [0.1, 0.15) is 34.0 Å². The summed E-state index contributed by atoms with van der Waals surface area (Å²) in [5, 5.41) is 9.98. The molecule has 2 aromatic carbocycles. The molecule has 0 fully saturated rings. The van der Waals surface area contributed by atoms with E-state index in [1.54, 1.807) is 19.2 Å². The van der Waals surface area contributed by atoms with Crippen LogP contribution in [0.2, 0.25) is 0 Å². The molecule has 0 spiro atoms. The molecule has 3 rings (SSSR count). The van der Waals surface area contributed by atoms with Gasteiger partial charge in [0.05, 0.1) is 7.11 Å². The number of halogens is 1. The molecule has 1 atom stereocenters. The predicted octanol–water partition coefficient (Wildman–Crippen LogP) is 4.50. The minimum absolute atomic E-state index is 0.0874. The largest absolute Gasteiger partial charge is 0.496 e. The van der Waals surface area contributed by atoms with Crippen LogP contribution in [0.3, 0.4) is 0 Å². The summed E-state index contributed by atoms with van der Waals surface area (Å²) >= 11 is 1.39. The molecule has 1 heterocycles. The molecule has 7 heteroatoms. The second-order valence-electron chi connectivity index (χ2n) is 6.74. The van der Waals surface area contributed by atoms with E-state index in [0.29, 0.717) is 21.7 Å². The number of ether oxygens (including phenoxy) is 1.